The number of hydrogen-bond donors (Lipinski definition) is 1. The maximum Gasteiger partial charge on any atom is 0.338 e. The lowest BCUT2D eigenvalue weighted by Gasteiger charge is -2.09. The Balaban J connectivity index is 1.64. The molecule has 164 valence electrons. The van der Waals surface area contributed by atoms with Crippen LogP contribution in [0.1, 0.15) is 41.6 Å². The third-order valence-electron chi connectivity index (χ3n) is 4.74. The van der Waals surface area contributed by atoms with E-state index in [9.17, 15) is 9.59 Å². The minimum absolute atomic E-state index is 0.151. The fraction of sp³-hybridized carbons (Fsp3) is 0.364. The molecule has 9 heteroatoms. The van der Waals surface area contributed by atoms with Gasteiger partial charge in [-0.3, -0.25) is 4.79 Å². The molecule has 0 spiro atoms. The standard InChI is InChI=1S/C22H26N4O3S2/c1-5-17-14(4)30-12-18(17)20-24-25-22(26(20)6-2)31-13-19(27)23-16-10-8-15(9-11-16)21(28)29-7-3/h8-12H,5-7,13H2,1-4H3,(H,23,27). The van der Waals surface area contributed by atoms with Gasteiger partial charge in [0.2, 0.25) is 5.91 Å². The van der Waals surface area contributed by atoms with Crippen molar-refractivity contribution in [3.8, 4) is 11.4 Å². The summed E-state index contributed by atoms with van der Waals surface area (Å²) in [7, 11) is 0. The molecule has 1 amide bonds. The zero-order valence-electron chi connectivity index (χ0n) is 18.1. The Hall–Kier alpha value is -2.65. The number of thioether (sulfide) groups is 1. The normalized spacial score (nSPS) is 10.8. The van der Waals surface area contributed by atoms with Crippen LogP contribution in [0.15, 0.2) is 34.8 Å². The predicted molar refractivity (Wildman–Crippen MR) is 125 cm³/mol. The fourth-order valence-electron chi connectivity index (χ4n) is 3.22. The molecule has 7 nitrogen and oxygen atoms in total. The number of nitrogens with zero attached hydrogens (tertiary/aromatic N) is 3. The van der Waals surface area contributed by atoms with E-state index < -0.39 is 0 Å². The molecule has 31 heavy (non-hydrogen) atoms. The number of nitrogens with one attached hydrogen (secondary N) is 1. The number of thiophene rings is 1. The number of esters is 1. The Labute approximate surface area is 190 Å². The van der Waals surface area contributed by atoms with Crippen LogP contribution in [0.2, 0.25) is 0 Å². The predicted octanol–water partition coefficient (Wildman–Crippen LogP) is 4.80. The summed E-state index contributed by atoms with van der Waals surface area (Å²) in [6.07, 6.45) is 0.946. The summed E-state index contributed by atoms with van der Waals surface area (Å²) in [5.74, 6) is 0.529. The highest BCUT2D eigenvalue weighted by Gasteiger charge is 2.18. The molecule has 1 aromatic carbocycles. The quantitative estimate of drug-likeness (QED) is 0.366. The molecule has 3 rings (SSSR count). The summed E-state index contributed by atoms with van der Waals surface area (Å²) in [6, 6.07) is 6.64. The summed E-state index contributed by atoms with van der Waals surface area (Å²) >= 11 is 3.08. The summed E-state index contributed by atoms with van der Waals surface area (Å²) in [6.45, 7) is 9.12. The zero-order chi connectivity index (χ0) is 22.4. The van der Waals surface area contributed by atoms with Crippen LogP contribution in [0.4, 0.5) is 5.69 Å². The number of amides is 1. The molecular formula is C22H26N4O3S2. The minimum atomic E-state index is -0.377. The van der Waals surface area contributed by atoms with Crippen LogP contribution >= 0.6 is 23.1 Å². The van der Waals surface area contributed by atoms with Crippen molar-refractivity contribution in [2.75, 3.05) is 17.7 Å². The van der Waals surface area contributed by atoms with Crippen molar-refractivity contribution in [1.29, 1.82) is 0 Å². The van der Waals surface area contributed by atoms with Gasteiger partial charge in [-0.15, -0.1) is 21.5 Å². The Morgan fingerprint density at radius 3 is 2.55 bits per heavy atom. The SMILES string of the molecule is CCOC(=O)c1ccc(NC(=O)CSc2nnc(-c3csc(C)c3CC)n2CC)cc1. The number of aromatic nitrogens is 3. The highest BCUT2D eigenvalue weighted by Crippen LogP contribution is 2.32. The third-order valence-corrected chi connectivity index (χ3v) is 6.66. The maximum absolute atomic E-state index is 12.4. The monoisotopic (exact) mass is 458 g/mol. The molecule has 0 aliphatic heterocycles. The highest BCUT2D eigenvalue weighted by molar-refractivity contribution is 7.99. The van der Waals surface area contributed by atoms with E-state index in [0.717, 1.165) is 29.5 Å². The summed E-state index contributed by atoms with van der Waals surface area (Å²) in [5.41, 5.74) is 3.50. The molecule has 3 aromatic rings. The lowest BCUT2D eigenvalue weighted by Crippen LogP contribution is -2.15. The van der Waals surface area contributed by atoms with Crippen molar-refractivity contribution < 1.29 is 14.3 Å². The summed E-state index contributed by atoms with van der Waals surface area (Å²) in [4.78, 5) is 25.4. The van der Waals surface area contributed by atoms with Gasteiger partial charge in [0.1, 0.15) is 0 Å². The van der Waals surface area contributed by atoms with E-state index in [1.54, 1.807) is 42.5 Å². The van der Waals surface area contributed by atoms with Crippen molar-refractivity contribution in [2.45, 2.75) is 45.8 Å². The van der Waals surface area contributed by atoms with Crippen LogP contribution < -0.4 is 5.32 Å². The van der Waals surface area contributed by atoms with E-state index >= 15 is 0 Å². The largest absolute Gasteiger partial charge is 0.462 e. The number of benzene rings is 1. The average molecular weight is 459 g/mol. The molecule has 2 heterocycles. The molecule has 0 saturated heterocycles. The molecule has 2 aromatic heterocycles. The molecular weight excluding hydrogens is 432 g/mol. The van der Waals surface area contributed by atoms with Gasteiger partial charge >= 0.3 is 5.97 Å². The lowest BCUT2D eigenvalue weighted by atomic mass is 10.1. The van der Waals surface area contributed by atoms with E-state index in [0.29, 0.717) is 17.9 Å². The van der Waals surface area contributed by atoms with Gasteiger partial charge < -0.3 is 14.6 Å². The number of carbonyl (C=O) groups is 2. The third kappa shape index (κ3) is 5.34. The van der Waals surface area contributed by atoms with Gasteiger partial charge in [-0.2, -0.15) is 0 Å². The van der Waals surface area contributed by atoms with Gasteiger partial charge in [0.05, 0.1) is 17.9 Å². The van der Waals surface area contributed by atoms with E-state index in [-0.39, 0.29) is 17.6 Å². The number of carbonyl (C=O) groups excluding carboxylic acids is 2. The van der Waals surface area contributed by atoms with Crippen LogP contribution in [0.3, 0.4) is 0 Å². The number of rotatable bonds is 9. The molecule has 0 atom stereocenters. The second kappa shape index (κ2) is 10.6. The van der Waals surface area contributed by atoms with Crippen molar-refractivity contribution in [2.24, 2.45) is 0 Å². The molecule has 0 radical (unpaired) electrons. The Morgan fingerprint density at radius 2 is 1.90 bits per heavy atom. The van der Waals surface area contributed by atoms with Gasteiger partial charge in [0.15, 0.2) is 11.0 Å². The van der Waals surface area contributed by atoms with Crippen LogP contribution in [-0.2, 0) is 22.5 Å². The van der Waals surface area contributed by atoms with Gasteiger partial charge in [-0.25, -0.2) is 4.79 Å². The molecule has 0 unspecified atom stereocenters. The topological polar surface area (TPSA) is 86.1 Å². The molecule has 1 N–H and O–H groups in total. The van der Waals surface area contributed by atoms with Crippen molar-refractivity contribution in [3.05, 3.63) is 45.6 Å². The maximum atomic E-state index is 12.4. The zero-order valence-corrected chi connectivity index (χ0v) is 19.7. The first-order valence-electron chi connectivity index (χ1n) is 10.2. The number of aryl methyl sites for hydroxylation is 1. The van der Waals surface area contributed by atoms with E-state index in [1.165, 1.54) is 22.2 Å². The molecule has 0 fully saturated rings. The summed E-state index contributed by atoms with van der Waals surface area (Å²) < 4.78 is 7.01. The van der Waals surface area contributed by atoms with E-state index in [4.69, 9.17) is 4.74 Å². The number of hydrogen-bond acceptors (Lipinski definition) is 7. The molecule has 0 saturated carbocycles. The Morgan fingerprint density at radius 1 is 1.16 bits per heavy atom. The Kier molecular flexibility index (Phi) is 7.86. The van der Waals surface area contributed by atoms with Crippen LogP contribution in [0.25, 0.3) is 11.4 Å². The average Bonchev–Trinajstić information content (AvgIpc) is 3.34. The van der Waals surface area contributed by atoms with E-state index in [2.05, 4.69) is 34.7 Å². The fourth-order valence-corrected chi connectivity index (χ4v) is 4.96. The van der Waals surface area contributed by atoms with Crippen molar-refractivity contribution in [1.82, 2.24) is 14.8 Å². The van der Waals surface area contributed by atoms with Gasteiger partial charge in [-0.05, 0) is 57.0 Å². The first kappa shape index (κ1) is 23.0. The molecule has 0 bridgehead atoms. The molecule has 0 aliphatic rings. The van der Waals surface area contributed by atoms with Crippen LogP contribution in [0, 0.1) is 6.92 Å². The van der Waals surface area contributed by atoms with Gasteiger partial charge in [-0.1, -0.05) is 18.7 Å². The van der Waals surface area contributed by atoms with Gasteiger partial charge in [0, 0.05) is 28.1 Å². The highest BCUT2D eigenvalue weighted by atomic mass is 32.2. The summed E-state index contributed by atoms with van der Waals surface area (Å²) in [5, 5.41) is 14.4. The van der Waals surface area contributed by atoms with E-state index in [1.807, 2.05) is 11.5 Å². The van der Waals surface area contributed by atoms with Crippen molar-refractivity contribution >= 4 is 40.7 Å². The van der Waals surface area contributed by atoms with Gasteiger partial charge in [0.25, 0.3) is 0 Å². The second-order valence-corrected chi connectivity index (χ2v) is 8.75. The van der Waals surface area contributed by atoms with Crippen LogP contribution in [0.5, 0.6) is 0 Å². The first-order chi connectivity index (χ1) is 15.0. The first-order valence-corrected chi connectivity index (χ1v) is 12.0. The number of ether oxygens (including phenoxy) is 1. The van der Waals surface area contributed by atoms with Crippen molar-refractivity contribution in [3.63, 3.8) is 0 Å². The smallest absolute Gasteiger partial charge is 0.338 e. The molecule has 0 aliphatic carbocycles. The number of anilines is 1. The van der Waals surface area contributed by atoms with Crippen LogP contribution in [-0.4, -0.2) is 39.0 Å². The second-order valence-electron chi connectivity index (χ2n) is 6.72. The minimum Gasteiger partial charge on any atom is -0.462 e. The lowest BCUT2D eigenvalue weighted by molar-refractivity contribution is -0.113. The Bertz CT molecular complexity index is 1060.